The van der Waals surface area contributed by atoms with E-state index in [-0.39, 0.29) is 54.5 Å². The first-order valence-corrected chi connectivity index (χ1v) is 21.2. The summed E-state index contributed by atoms with van der Waals surface area (Å²) in [6.45, 7) is 13.7. The van der Waals surface area contributed by atoms with Crippen LogP contribution in [0.15, 0.2) is 60.2 Å². The summed E-state index contributed by atoms with van der Waals surface area (Å²) in [5.74, 6) is -0.352. The lowest BCUT2D eigenvalue weighted by atomic mass is 9.79. The normalized spacial score (nSPS) is 32.3. The third-order valence-corrected chi connectivity index (χ3v) is 13.0. The Labute approximate surface area is 357 Å². The lowest BCUT2D eigenvalue weighted by Gasteiger charge is -2.39. The highest BCUT2D eigenvalue weighted by Gasteiger charge is 2.47. The lowest BCUT2D eigenvalue weighted by molar-refractivity contribution is -0.433. The number of methoxy groups -OCH3 is 2. The fraction of sp³-hybridized carbons (Fsp3) is 0.587. The van der Waals surface area contributed by atoms with Gasteiger partial charge in [-0.2, -0.15) is 4.58 Å². The van der Waals surface area contributed by atoms with E-state index < -0.39 is 61.4 Å². The molecule has 334 valence electrons. The number of nitrogens with one attached hydrogen (secondary N) is 2. The number of allylic oxidation sites excluding steroid dienone is 4. The van der Waals surface area contributed by atoms with Gasteiger partial charge in [-0.25, -0.2) is 0 Å². The third kappa shape index (κ3) is 9.14. The summed E-state index contributed by atoms with van der Waals surface area (Å²) in [7, 11) is 2.65. The van der Waals surface area contributed by atoms with E-state index >= 15 is 0 Å². The quantitative estimate of drug-likeness (QED) is 0.126. The van der Waals surface area contributed by atoms with Crippen LogP contribution in [-0.2, 0) is 52.2 Å². The van der Waals surface area contributed by atoms with Crippen molar-refractivity contribution in [1.29, 1.82) is 0 Å². The van der Waals surface area contributed by atoms with Crippen molar-refractivity contribution in [2.75, 3.05) is 33.9 Å². The molecule has 11 atom stereocenters. The van der Waals surface area contributed by atoms with Crippen LogP contribution in [0.4, 0.5) is 5.69 Å². The van der Waals surface area contributed by atoms with Crippen molar-refractivity contribution in [3.05, 3.63) is 88.0 Å². The van der Waals surface area contributed by atoms with Crippen LogP contribution in [0.25, 0.3) is 0 Å². The number of aliphatic hydroxyl groups excluding tert-OH is 6. The van der Waals surface area contributed by atoms with E-state index in [1.165, 1.54) is 30.9 Å². The summed E-state index contributed by atoms with van der Waals surface area (Å²) in [5, 5.41) is 66.9. The topological polar surface area (TPSA) is 220 Å². The van der Waals surface area contributed by atoms with Crippen molar-refractivity contribution < 1.29 is 63.8 Å². The second-order valence-corrected chi connectivity index (χ2v) is 17.6. The molecule has 3 aliphatic heterocycles. The molecule has 0 radical (unpaired) electrons. The van der Waals surface area contributed by atoms with E-state index in [2.05, 4.69) is 99.2 Å². The van der Waals surface area contributed by atoms with Crippen molar-refractivity contribution in [1.82, 2.24) is 10.6 Å². The average molecular weight is 851 g/mol. The molecule has 15 heteroatoms. The lowest BCUT2D eigenvalue weighted by Crippen LogP contribution is -2.60. The average Bonchev–Trinajstić information content (AvgIpc) is 3.58. The molecule has 2 aromatic carbocycles. The second-order valence-electron chi connectivity index (χ2n) is 17.6. The molecule has 2 saturated heterocycles. The Kier molecular flexibility index (Phi) is 14.4. The van der Waals surface area contributed by atoms with Gasteiger partial charge in [-0.1, -0.05) is 62.8 Å². The largest absolute Gasteiger partial charge is 0.388 e. The molecule has 0 spiro atoms. The van der Waals surface area contributed by atoms with Gasteiger partial charge < -0.3 is 60.2 Å². The molecule has 15 nitrogen and oxygen atoms in total. The van der Waals surface area contributed by atoms with Gasteiger partial charge in [0.05, 0.1) is 18.3 Å². The number of amides is 2. The molecule has 8 N–H and O–H groups in total. The predicted molar refractivity (Wildman–Crippen MR) is 225 cm³/mol. The maximum absolute atomic E-state index is 13.1. The Morgan fingerprint density at radius 3 is 1.72 bits per heavy atom. The molecule has 6 rings (SSSR count). The van der Waals surface area contributed by atoms with Crippen molar-refractivity contribution >= 4 is 23.2 Å². The summed E-state index contributed by atoms with van der Waals surface area (Å²) < 4.78 is 23.6. The van der Waals surface area contributed by atoms with Crippen LogP contribution in [0.5, 0.6) is 0 Å². The van der Waals surface area contributed by atoms with Gasteiger partial charge in [-0.15, -0.1) is 0 Å². The van der Waals surface area contributed by atoms with Gasteiger partial charge in [-0.05, 0) is 55.5 Å². The van der Waals surface area contributed by atoms with Crippen LogP contribution in [0, 0.1) is 0 Å². The molecular weight excluding hydrogens is 787 g/mol. The number of carbonyl (C=O) groups is 2. The predicted octanol–water partition coefficient (Wildman–Crippen LogP) is 1.28. The van der Waals surface area contributed by atoms with Crippen molar-refractivity contribution in [3.63, 3.8) is 0 Å². The van der Waals surface area contributed by atoms with Gasteiger partial charge in [0.25, 0.3) is 0 Å². The first-order valence-electron chi connectivity index (χ1n) is 21.2. The minimum atomic E-state index is -1.47. The molecule has 0 bridgehead atoms. The van der Waals surface area contributed by atoms with E-state index in [9.17, 15) is 40.2 Å². The number of aliphatic hydroxyl groups is 6. The van der Waals surface area contributed by atoms with Gasteiger partial charge in [-0.3, -0.25) is 9.59 Å². The molecule has 1 aliphatic carbocycles. The number of ether oxygens (including phenoxy) is 4. The van der Waals surface area contributed by atoms with Crippen molar-refractivity contribution in [3.8, 4) is 0 Å². The van der Waals surface area contributed by atoms with Gasteiger partial charge in [0, 0.05) is 56.3 Å². The first kappa shape index (κ1) is 46.6. The minimum absolute atomic E-state index is 0.0637. The smallest absolute Gasteiger partial charge is 0.224 e. The second kappa shape index (κ2) is 18.9. The molecule has 11 unspecified atom stereocenters. The molecule has 2 amide bonds. The zero-order valence-corrected chi connectivity index (χ0v) is 36.4. The minimum Gasteiger partial charge on any atom is -0.388 e. The molecule has 0 saturated carbocycles. The number of hydrogen-bond acceptors (Lipinski definition) is 12. The number of carbonyl (C=O) groups excluding carboxylic acids is 2. The highest BCUT2D eigenvalue weighted by atomic mass is 16.7. The Bertz CT molecular complexity index is 2030. The fourth-order valence-corrected chi connectivity index (χ4v) is 9.48. The molecule has 0 aromatic heterocycles. The number of rotatable bonds is 14. The summed E-state index contributed by atoms with van der Waals surface area (Å²) in [6.07, 6.45) is -5.05. The summed E-state index contributed by atoms with van der Waals surface area (Å²) in [4.78, 5) is 26.2. The molecule has 2 aromatic rings. The maximum Gasteiger partial charge on any atom is 0.224 e. The number of nitrogens with zero attached hydrogens (tertiary/aromatic N) is 1. The third-order valence-electron chi connectivity index (χ3n) is 13.0. The maximum atomic E-state index is 13.1. The van der Waals surface area contributed by atoms with E-state index in [1.807, 2.05) is 12.1 Å². The number of hydrogen-bond donors (Lipinski definition) is 8. The van der Waals surface area contributed by atoms with Crippen LogP contribution in [-0.4, -0.2) is 148 Å². The Morgan fingerprint density at radius 2 is 1.23 bits per heavy atom. The Morgan fingerprint density at radius 1 is 0.721 bits per heavy atom. The van der Waals surface area contributed by atoms with E-state index in [0.29, 0.717) is 0 Å². The van der Waals surface area contributed by atoms with Gasteiger partial charge in [0.2, 0.25) is 17.5 Å². The van der Waals surface area contributed by atoms with Crippen LogP contribution >= 0.6 is 0 Å². The summed E-state index contributed by atoms with van der Waals surface area (Å²) in [5.41, 5.74) is 7.98. The van der Waals surface area contributed by atoms with Crippen LogP contribution in [0.2, 0.25) is 0 Å². The standard InChI is InChI=1S/C46H63N3O12/c1-9-26-27-16-14-24(20-35(50)47-22-32-37(52)39(54)41(56)43(58-7)60-32)18-29(27)45(3,4)28(26)12-11-13-34-46(5,6)30-19-25(15-17-31(30)49(34)10-2)21-36(51)48-23-33-38(53)40(55)42(57)44(59-8)61-33/h11-19,26,32-33,37-44,52-57H,9-10,20-23H2,1-8H3,(H-,47,48,50,51)/p+1. The van der Waals surface area contributed by atoms with Crippen LogP contribution in [0.3, 0.4) is 0 Å². The fourth-order valence-electron chi connectivity index (χ4n) is 9.48. The van der Waals surface area contributed by atoms with E-state index in [4.69, 9.17) is 18.9 Å². The molecule has 3 heterocycles. The zero-order chi connectivity index (χ0) is 44.6. The highest BCUT2D eigenvalue weighted by Crippen LogP contribution is 2.52. The SMILES string of the molecule is CCC1C(=CC=CC2=[N+](CC)c3ccc(CC(=O)NCC4OC(OC)C(O)C(O)C4O)cc3C2(C)C)C(C)(C)c2cc(CC(=O)NCC3OC(OC)C(O)C(O)C3O)ccc21. The highest BCUT2D eigenvalue weighted by molar-refractivity contribution is 6.03. The van der Waals surface area contributed by atoms with Gasteiger partial charge in [0.15, 0.2) is 18.3 Å². The van der Waals surface area contributed by atoms with Crippen LogP contribution < -0.4 is 10.6 Å². The molecule has 4 aliphatic rings. The number of benzene rings is 2. The molecule has 61 heavy (non-hydrogen) atoms. The van der Waals surface area contributed by atoms with E-state index in [1.54, 1.807) is 0 Å². The number of fused-ring (bicyclic) bond motifs is 2. The van der Waals surface area contributed by atoms with Gasteiger partial charge in [0.1, 0.15) is 55.4 Å². The van der Waals surface area contributed by atoms with E-state index in [0.717, 1.165) is 41.1 Å². The van der Waals surface area contributed by atoms with Gasteiger partial charge >= 0.3 is 0 Å². The Balaban J connectivity index is 1.12. The first-order chi connectivity index (χ1) is 28.9. The summed E-state index contributed by atoms with van der Waals surface area (Å²) >= 11 is 0. The van der Waals surface area contributed by atoms with Crippen molar-refractivity contribution in [2.45, 2.75) is 139 Å². The van der Waals surface area contributed by atoms with Crippen LogP contribution in [0.1, 0.15) is 81.7 Å². The zero-order valence-electron chi connectivity index (χ0n) is 36.4. The molecular formula is C46H64N3O12+. The summed E-state index contributed by atoms with van der Waals surface area (Å²) in [6, 6.07) is 12.3. The Hall–Kier alpha value is -3.87. The monoisotopic (exact) mass is 850 g/mol. The van der Waals surface area contributed by atoms with Crippen molar-refractivity contribution in [2.24, 2.45) is 0 Å². The molecule has 2 fully saturated rings.